The third-order valence-electron chi connectivity index (χ3n) is 5.75. The van der Waals surface area contributed by atoms with Crippen molar-refractivity contribution in [2.45, 2.75) is 25.6 Å². The van der Waals surface area contributed by atoms with E-state index in [-0.39, 0.29) is 6.04 Å². The molecule has 3 nitrogen and oxygen atoms in total. The van der Waals surface area contributed by atoms with Crippen molar-refractivity contribution in [1.29, 1.82) is 5.26 Å². The fourth-order valence-electron chi connectivity index (χ4n) is 4.06. The van der Waals surface area contributed by atoms with E-state index in [1.165, 1.54) is 16.8 Å². The Bertz CT molecular complexity index is 1020. The molecule has 1 saturated heterocycles. The van der Waals surface area contributed by atoms with Crippen molar-refractivity contribution in [2.24, 2.45) is 0 Å². The molecule has 4 rings (SSSR count). The van der Waals surface area contributed by atoms with Crippen LogP contribution in [0.25, 0.3) is 0 Å². The summed E-state index contributed by atoms with van der Waals surface area (Å²) in [6.45, 7) is 4.92. The van der Waals surface area contributed by atoms with Gasteiger partial charge < -0.3 is 4.90 Å². The van der Waals surface area contributed by atoms with Gasteiger partial charge in [0.05, 0.1) is 17.7 Å². The Balaban J connectivity index is 1.62. The van der Waals surface area contributed by atoms with Crippen molar-refractivity contribution in [3.8, 4) is 6.07 Å². The number of nitriles is 1. The van der Waals surface area contributed by atoms with E-state index in [0.717, 1.165) is 29.7 Å². The Hall–Kier alpha value is -2.51. The van der Waals surface area contributed by atoms with Gasteiger partial charge in [-0.25, -0.2) is 0 Å². The van der Waals surface area contributed by atoms with Crippen molar-refractivity contribution in [2.75, 3.05) is 18.0 Å². The van der Waals surface area contributed by atoms with Crippen molar-refractivity contribution >= 4 is 28.9 Å². The summed E-state index contributed by atoms with van der Waals surface area (Å²) in [6, 6.07) is 26.9. The molecule has 0 aromatic heterocycles. The number of benzene rings is 3. The van der Waals surface area contributed by atoms with Crippen LogP contribution in [0.1, 0.15) is 29.7 Å². The molecule has 0 bridgehead atoms. The topological polar surface area (TPSA) is 30.3 Å². The molecule has 30 heavy (non-hydrogen) atoms. The van der Waals surface area contributed by atoms with Gasteiger partial charge in [-0.05, 0) is 66.6 Å². The molecular weight excluding hydrogens is 413 g/mol. The number of hydrogen-bond donors (Lipinski definition) is 0. The molecule has 0 N–H and O–H groups in total. The zero-order valence-electron chi connectivity index (χ0n) is 16.8. The molecule has 1 aliphatic rings. The van der Waals surface area contributed by atoms with Crippen molar-refractivity contribution in [3.05, 3.63) is 99.5 Å². The van der Waals surface area contributed by atoms with Crippen molar-refractivity contribution < 1.29 is 0 Å². The summed E-state index contributed by atoms with van der Waals surface area (Å²) < 4.78 is 0. The summed E-state index contributed by atoms with van der Waals surface area (Å²) in [5, 5.41) is 10.5. The number of hydrogen-bond acceptors (Lipinski definition) is 3. The Labute approximate surface area is 188 Å². The Morgan fingerprint density at radius 2 is 1.47 bits per heavy atom. The van der Waals surface area contributed by atoms with E-state index in [1.807, 2.05) is 48.5 Å². The third-order valence-corrected chi connectivity index (χ3v) is 6.25. The van der Waals surface area contributed by atoms with Gasteiger partial charge in [0.25, 0.3) is 0 Å². The summed E-state index contributed by atoms with van der Waals surface area (Å²) >= 11 is 12.3. The lowest BCUT2D eigenvalue weighted by atomic mass is 9.98. The highest BCUT2D eigenvalue weighted by molar-refractivity contribution is 6.30. The first-order valence-electron chi connectivity index (χ1n) is 10.0. The smallest absolute Gasteiger partial charge is 0.0991 e. The first kappa shape index (κ1) is 20.8. The van der Waals surface area contributed by atoms with Crippen LogP contribution in [0.15, 0.2) is 72.8 Å². The number of anilines is 1. The maximum absolute atomic E-state index is 9.04. The average Bonchev–Trinajstić information content (AvgIpc) is 2.77. The van der Waals surface area contributed by atoms with Crippen LogP contribution in [0.4, 0.5) is 5.69 Å². The van der Waals surface area contributed by atoms with E-state index in [9.17, 15) is 0 Å². The number of halogens is 2. The second kappa shape index (κ2) is 9.10. The average molecular weight is 436 g/mol. The summed E-state index contributed by atoms with van der Waals surface area (Å²) in [7, 11) is 0. The number of nitrogens with zero attached hydrogens (tertiary/aromatic N) is 3. The Morgan fingerprint density at radius 1 is 0.867 bits per heavy atom. The molecule has 3 aromatic rings. The second-order valence-corrected chi connectivity index (χ2v) is 8.66. The van der Waals surface area contributed by atoms with Crippen LogP contribution in [-0.2, 0) is 6.54 Å². The third kappa shape index (κ3) is 4.63. The second-order valence-electron chi connectivity index (χ2n) is 7.78. The predicted octanol–water partition coefficient (Wildman–Crippen LogP) is 6.32. The zero-order valence-corrected chi connectivity index (χ0v) is 18.3. The molecule has 0 saturated carbocycles. The molecule has 1 aliphatic heterocycles. The van der Waals surface area contributed by atoms with Crippen LogP contribution in [0, 0.1) is 11.3 Å². The molecule has 0 aliphatic carbocycles. The maximum atomic E-state index is 9.04. The molecule has 1 heterocycles. The molecular formula is C25H23Cl2N3. The van der Waals surface area contributed by atoms with Gasteiger partial charge in [0, 0.05) is 41.4 Å². The van der Waals surface area contributed by atoms with Crippen LogP contribution in [0.2, 0.25) is 10.0 Å². The van der Waals surface area contributed by atoms with Crippen molar-refractivity contribution in [1.82, 2.24) is 4.90 Å². The van der Waals surface area contributed by atoms with Gasteiger partial charge in [0.15, 0.2) is 0 Å². The predicted molar refractivity (Wildman–Crippen MR) is 124 cm³/mol. The van der Waals surface area contributed by atoms with E-state index in [1.54, 1.807) is 0 Å². The lowest BCUT2D eigenvalue weighted by Crippen LogP contribution is -2.53. The van der Waals surface area contributed by atoms with E-state index in [2.05, 4.69) is 47.1 Å². The van der Waals surface area contributed by atoms with Crippen LogP contribution < -0.4 is 4.90 Å². The van der Waals surface area contributed by atoms with Crippen molar-refractivity contribution in [3.63, 3.8) is 0 Å². The van der Waals surface area contributed by atoms with Crippen LogP contribution in [0.5, 0.6) is 0 Å². The minimum Gasteiger partial charge on any atom is -0.362 e. The minimum absolute atomic E-state index is 0.207. The van der Waals surface area contributed by atoms with Gasteiger partial charge >= 0.3 is 0 Å². The Kier molecular flexibility index (Phi) is 6.29. The summed E-state index contributed by atoms with van der Waals surface area (Å²) in [4.78, 5) is 4.96. The molecule has 1 fully saturated rings. The van der Waals surface area contributed by atoms with Crippen LogP contribution in [-0.4, -0.2) is 24.0 Å². The Morgan fingerprint density at radius 3 is 2.07 bits per heavy atom. The standard InChI is InChI=1S/C25H23Cl2N3/c1-18-15-30(24-12-10-23(27)11-13-24)25(21-6-8-22(26)9-7-21)17-29(18)16-20-4-2-19(14-28)3-5-20/h2-13,18,25H,15-17H2,1H3/t18-,25?/m1/s1. The minimum atomic E-state index is 0.207. The fourth-order valence-corrected chi connectivity index (χ4v) is 4.31. The first-order valence-corrected chi connectivity index (χ1v) is 10.8. The number of rotatable bonds is 4. The van der Waals surface area contributed by atoms with Gasteiger partial charge in [-0.3, -0.25) is 4.90 Å². The lowest BCUT2D eigenvalue weighted by Gasteiger charge is -2.47. The summed E-state index contributed by atoms with van der Waals surface area (Å²) in [5.74, 6) is 0. The SMILES string of the molecule is C[C@@H]1CN(c2ccc(Cl)cc2)C(c2ccc(Cl)cc2)CN1Cc1ccc(C#N)cc1. The van der Waals surface area contributed by atoms with Gasteiger partial charge in [0.1, 0.15) is 0 Å². The fraction of sp³-hybridized carbons (Fsp3) is 0.240. The first-order chi connectivity index (χ1) is 14.5. The highest BCUT2D eigenvalue weighted by Crippen LogP contribution is 2.34. The van der Waals surface area contributed by atoms with E-state index in [0.29, 0.717) is 11.6 Å². The van der Waals surface area contributed by atoms with E-state index >= 15 is 0 Å². The van der Waals surface area contributed by atoms with Crippen LogP contribution >= 0.6 is 23.2 Å². The molecule has 1 unspecified atom stereocenters. The molecule has 5 heteroatoms. The number of piperazine rings is 1. The lowest BCUT2D eigenvalue weighted by molar-refractivity contribution is 0.153. The van der Waals surface area contributed by atoms with E-state index in [4.69, 9.17) is 28.5 Å². The van der Waals surface area contributed by atoms with E-state index < -0.39 is 0 Å². The zero-order chi connectivity index (χ0) is 21.1. The summed E-state index contributed by atoms with van der Waals surface area (Å²) in [5.41, 5.74) is 4.32. The van der Waals surface area contributed by atoms with Crippen LogP contribution in [0.3, 0.4) is 0 Å². The molecule has 0 amide bonds. The van der Waals surface area contributed by atoms with Gasteiger partial charge in [-0.15, -0.1) is 0 Å². The quantitative estimate of drug-likeness (QED) is 0.480. The summed E-state index contributed by atoms with van der Waals surface area (Å²) in [6.07, 6.45) is 0. The maximum Gasteiger partial charge on any atom is 0.0991 e. The largest absolute Gasteiger partial charge is 0.362 e. The monoisotopic (exact) mass is 435 g/mol. The van der Waals surface area contributed by atoms with Gasteiger partial charge in [0.2, 0.25) is 0 Å². The normalized spacial score (nSPS) is 19.5. The highest BCUT2D eigenvalue weighted by atomic mass is 35.5. The van der Waals surface area contributed by atoms with Gasteiger partial charge in [-0.2, -0.15) is 5.26 Å². The molecule has 0 spiro atoms. The highest BCUT2D eigenvalue weighted by Gasteiger charge is 2.32. The molecule has 0 radical (unpaired) electrons. The molecule has 152 valence electrons. The van der Waals surface area contributed by atoms with Gasteiger partial charge in [-0.1, -0.05) is 47.5 Å². The molecule has 2 atom stereocenters. The molecule has 3 aromatic carbocycles.